The van der Waals surface area contributed by atoms with Crippen molar-refractivity contribution in [3.8, 4) is 0 Å². The van der Waals surface area contributed by atoms with Crippen molar-refractivity contribution >= 4 is 6.21 Å². The van der Waals surface area contributed by atoms with Gasteiger partial charge in [-0.2, -0.15) is 13.2 Å². The van der Waals surface area contributed by atoms with Gasteiger partial charge in [0.2, 0.25) is 0 Å². The largest absolute Gasteiger partial charge is 0.416 e. The van der Waals surface area contributed by atoms with Gasteiger partial charge in [0.05, 0.1) is 5.57 Å². The highest BCUT2D eigenvalue weighted by molar-refractivity contribution is 5.80. The molecule has 0 radical (unpaired) electrons. The number of hydrogen-bond acceptors (Lipinski definition) is 1. The molecule has 0 aliphatic rings. The lowest BCUT2D eigenvalue weighted by atomic mass is 10.1. The van der Waals surface area contributed by atoms with E-state index in [9.17, 15) is 13.2 Å². The minimum Gasteiger partial charge on any atom is -0.293 e. The van der Waals surface area contributed by atoms with Gasteiger partial charge in [-0.1, -0.05) is 12.2 Å². The van der Waals surface area contributed by atoms with Gasteiger partial charge >= 0.3 is 6.18 Å². The summed E-state index contributed by atoms with van der Waals surface area (Å²) in [5.41, 5.74) is -0.505. The van der Waals surface area contributed by atoms with Gasteiger partial charge in [-0.25, -0.2) is 0 Å². The normalized spacial score (nSPS) is 15.3. The van der Waals surface area contributed by atoms with Crippen molar-refractivity contribution < 1.29 is 13.2 Å². The van der Waals surface area contributed by atoms with Crippen LogP contribution in [0.15, 0.2) is 28.3 Å². The number of halogens is 3. The van der Waals surface area contributed by atoms with E-state index < -0.39 is 11.7 Å². The molecule has 0 N–H and O–H groups in total. The molecule has 0 aromatic heterocycles. The van der Waals surface area contributed by atoms with Crippen molar-refractivity contribution in [1.29, 1.82) is 0 Å². The van der Waals surface area contributed by atoms with Crippen LogP contribution in [0.4, 0.5) is 13.2 Å². The third-order valence-corrected chi connectivity index (χ3v) is 1.53. The second-order valence-electron chi connectivity index (χ2n) is 2.72. The number of nitrogens with zero attached hydrogens (tertiary/aromatic N) is 1. The topological polar surface area (TPSA) is 12.4 Å². The molecule has 4 heteroatoms. The smallest absolute Gasteiger partial charge is 0.293 e. The summed E-state index contributed by atoms with van der Waals surface area (Å²) in [7, 11) is 0. The average molecular weight is 205 g/mol. The highest BCUT2D eigenvalue weighted by Crippen LogP contribution is 2.28. The number of rotatable bonds is 3. The van der Waals surface area contributed by atoms with Crippen LogP contribution in [-0.2, 0) is 0 Å². The summed E-state index contributed by atoms with van der Waals surface area (Å²) in [5, 5.41) is 0. The molecule has 1 nitrogen and oxygen atoms in total. The highest BCUT2D eigenvalue weighted by Gasteiger charge is 2.32. The van der Waals surface area contributed by atoms with Crippen molar-refractivity contribution in [1.82, 2.24) is 0 Å². The Balaban J connectivity index is 5.06. The Kier molecular flexibility index (Phi) is 5.20. The van der Waals surface area contributed by atoms with Gasteiger partial charge in [0, 0.05) is 12.8 Å². The quantitative estimate of drug-likeness (QED) is 0.493. The van der Waals surface area contributed by atoms with Crippen LogP contribution in [0.3, 0.4) is 0 Å². The molecule has 0 atom stereocenters. The Hall–Kier alpha value is -1.06. The predicted molar refractivity (Wildman–Crippen MR) is 52.6 cm³/mol. The van der Waals surface area contributed by atoms with Crippen LogP contribution in [0, 0.1) is 0 Å². The highest BCUT2D eigenvalue weighted by atomic mass is 19.4. The molecule has 0 fully saturated rings. The lowest BCUT2D eigenvalue weighted by molar-refractivity contribution is -0.0886. The molecule has 0 aromatic carbocycles. The van der Waals surface area contributed by atoms with Crippen LogP contribution in [0.5, 0.6) is 0 Å². The van der Waals surface area contributed by atoms with Crippen molar-refractivity contribution in [2.24, 2.45) is 4.99 Å². The Bertz CT molecular complexity index is 259. The minimum atomic E-state index is -4.31. The number of aliphatic imine (C=N–C) groups is 1. The summed E-state index contributed by atoms with van der Waals surface area (Å²) < 4.78 is 37.2. The van der Waals surface area contributed by atoms with E-state index >= 15 is 0 Å². The molecule has 0 unspecified atom stereocenters. The van der Waals surface area contributed by atoms with E-state index in [1.54, 1.807) is 13.8 Å². The number of allylic oxidation sites excluding steroid dienone is 4. The molecule has 0 saturated heterocycles. The van der Waals surface area contributed by atoms with E-state index in [-0.39, 0.29) is 5.57 Å². The van der Waals surface area contributed by atoms with E-state index in [0.717, 1.165) is 6.08 Å². The van der Waals surface area contributed by atoms with Gasteiger partial charge in [0.15, 0.2) is 0 Å². The molecule has 0 spiro atoms. The monoisotopic (exact) mass is 205 g/mol. The SMILES string of the molecule is C/C=C/C(=C(/C)C=NCC)C(F)(F)F. The summed E-state index contributed by atoms with van der Waals surface area (Å²) in [4.78, 5) is 3.77. The van der Waals surface area contributed by atoms with Crippen LogP contribution in [0.1, 0.15) is 20.8 Å². The van der Waals surface area contributed by atoms with Crippen molar-refractivity contribution in [2.45, 2.75) is 26.9 Å². The number of hydrogen-bond donors (Lipinski definition) is 0. The molecule has 0 saturated carbocycles. The molecule has 0 bridgehead atoms. The Morgan fingerprint density at radius 2 is 1.93 bits per heavy atom. The van der Waals surface area contributed by atoms with E-state index in [4.69, 9.17) is 0 Å². The molecular formula is C10H14F3N. The first kappa shape index (κ1) is 12.9. The maximum atomic E-state index is 12.4. The first-order valence-electron chi connectivity index (χ1n) is 4.34. The fourth-order valence-corrected chi connectivity index (χ4v) is 0.914. The van der Waals surface area contributed by atoms with Crippen molar-refractivity contribution in [2.75, 3.05) is 6.54 Å². The lowest BCUT2D eigenvalue weighted by Gasteiger charge is -2.09. The lowest BCUT2D eigenvalue weighted by Crippen LogP contribution is -2.12. The molecule has 0 heterocycles. The van der Waals surface area contributed by atoms with Gasteiger partial charge in [-0.15, -0.1) is 0 Å². The molecule has 14 heavy (non-hydrogen) atoms. The second kappa shape index (κ2) is 5.62. The summed E-state index contributed by atoms with van der Waals surface area (Å²) in [6, 6.07) is 0. The Morgan fingerprint density at radius 3 is 2.29 bits per heavy atom. The van der Waals surface area contributed by atoms with Crippen LogP contribution < -0.4 is 0 Å². The fraction of sp³-hybridized carbons (Fsp3) is 0.500. The Morgan fingerprint density at radius 1 is 1.36 bits per heavy atom. The third kappa shape index (κ3) is 4.25. The van der Waals surface area contributed by atoms with Gasteiger partial charge in [0.25, 0.3) is 0 Å². The zero-order chi connectivity index (χ0) is 11.2. The average Bonchev–Trinajstić information content (AvgIpc) is 2.08. The van der Waals surface area contributed by atoms with Crippen LogP contribution in [-0.4, -0.2) is 18.9 Å². The van der Waals surface area contributed by atoms with Gasteiger partial charge < -0.3 is 0 Å². The van der Waals surface area contributed by atoms with Gasteiger partial charge in [-0.3, -0.25) is 4.99 Å². The molecule has 0 rings (SSSR count). The summed E-state index contributed by atoms with van der Waals surface area (Å²) in [6.07, 6.45) is -0.637. The van der Waals surface area contributed by atoms with Crippen molar-refractivity contribution in [3.05, 3.63) is 23.3 Å². The molecular weight excluding hydrogens is 191 g/mol. The van der Waals surface area contributed by atoms with Crippen LogP contribution in [0.2, 0.25) is 0 Å². The fourth-order valence-electron chi connectivity index (χ4n) is 0.914. The van der Waals surface area contributed by atoms with E-state index in [2.05, 4.69) is 4.99 Å². The number of alkyl halides is 3. The molecule has 0 aliphatic carbocycles. The summed E-state index contributed by atoms with van der Waals surface area (Å²) >= 11 is 0. The predicted octanol–water partition coefficient (Wildman–Crippen LogP) is 3.53. The van der Waals surface area contributed by atoms with E-state index in [0.29, 0.717) is 6.54 Å². The maximum absolute atomic E-state index is 12.4. The summed E-state index contributed by atoms with van der Waals surface area (Å²) in [5.74, 6) is 0. The first-order chi connectivity index (χ1) is 6.43. The zero-order valence-electron chi connectivity index (χ0n) is 8.52. The van der Waals surface area contributed by atoms with Crippen LogP contribution in [0.25, 0.3) is 0 Å². The minimum absolute atomic E-state index is 0.137. The van der Waals surface area contributed by atoms with Crippen LogP contribution >= 0.6 is 0 Å². The van der Waals surface area contributed by atoms with Gasteiger partial charge in [0.1, 0.15) is 0 Å². The first-order valence-corrected chi connectivity index (χ1v) is 4.34. The molecule has 80 valence electrons. The van der Waals surface area contributed by atoms with Gasteiger partial charge in [-0.05, 0) is 26.3 Å². The Labute approximate surface area is 82.0 Å². The van der Waals surface area contributed by atoms with E-state index in [1.807, 2.05) is 0 Å². The molecule has 0 aliphatic heterocycles. The summed E-state index contributed by atoms with van der Waals surface area (Å²) in [6.45, 7) is 5.21. The molecule has 0 aromatic rings. The third-order valence-electron chi connectivity index (χ3n) is 1.53. The zero-order valence-corrected chi connectivity index (χ0v) is 8.52. The van der Waals surface area contributed by atoms with E-state index in [1.165, 1.54) is 19.2 Å². The molecule has 0 amide bonds. The second-order valence-corrected chi connectivity index (χ2v) is 2.72. The standard InChI is InChI=1S/C10H14F3N/c1-4-6-9(10(11,12)13)8(3)7-14-5-2/h4,6-7H,5H2,1-3H3/b6-4+,9-8+,14-7?. The van der Waals surface area contributed by atoms with Crippen molar-refractivity contribution in [3.63, 3.8) is 0 Å². The maximum Gasteiger partial charge on any atom is 0.416 e.